The standard InChI is InChI=1S/C15H17BrN2O2/c16-11-4-5-12(17-10-11)18-13(19)8-15(9-14(18)20)6-2-1-3-7-15/h4-5,10H,1-3,6-9H2. The summed E-state index contributed by atoms with van der Waals surface area (Å²) >= 11 is 3.31. The Labute approximate surface area is 126 Å². The van der Waals surface area contributed by atoms with Crippen LogP contribution in [0.5, 0.6) is 0 Å². The smallest absolute Gasteiger partial charge is 0.235 e. The van der Waals surface area contributed by atoms with Crippen molar-refractivity contribution in [3.05, 3.63) is 22.8 Å². The van der Waals surface area contributed by atoms with Crippen molar-refractivity contribution in [1.29, 1.82) is 0 Å². The summed E-state index contributed by atoms with van der Waals surface area (Å²) in [7, 11) is 0. The number of carbonyl (C=O) groups excluding carboxylic acids is 2. The Balaban J connectivity index is 1.83. The zero-order chi connectivity index (χ0) is 14.2. The van der Waals surface area contributed by atoms with Gasteiger partial charge in [-0.15, -0.1) is 0 Å². The maximum atomic E-state index is 12.4. The van der Waals surface area contributed by atoms with E-state index < -0.39 is 0 Å². The van der Waals surface area contributed by atoms with Crippen molar-refractivity contribution in [1.82, 2.24) is 4.98 Å². The Hall–Kier alpha value is -1.23. The number of rotatable bonds is 1. The summed E-state index contributed by atoms with van der Waals surface area (Å²) in [6.07, 6.45) is 8.09. The molecule has 2 amide bonds. The first-order valence-corrected chi connectivity index (χ1v) is 7.86. The van der Waals surface area contributed by atoms with Gasteiger partial charge < -0.3 is 0 Å². The second-order valence-electron chi connectivity index (χ2n) is 5.87. The highest BCUT2D eigenvalue weighted by Crippen LogP contribution is 2.45. The summed E-state index contributed by atoms with van der Waals surface area (Å²) in [6.45, 7) is 0. The lowest BCUT2D eigenvalue weighted by atomic mass is 9.67. The molecule has 20 heavy (non-hydrogen) atoms. The quantitative estimate of drug-likeness (QED) is 0.738. The molecule has 0 aromatic carbocycles. The van der Waals surface area contributed by atoms with Crippen LogP contribution >= 0.6 is 15.9 Å². The van der Waals surface area contributed by atoms with Crippen LogP contribution in [0.15, 0.2) is 22.8 Å². The maximum Gasteiger partial charge on any atom is 0.235 e. The van der Waals surface area contributed by atoms with Crippen molar-refractivity contribution in [3.8, 4) is 0 Å². The minimum atomic E-state index is -0.0991. The summed E-state index contributed by atoms with van der Waals surface area (Å²) in [5.41, 5.74) is -0.0712. The molecule has 1 aromatic heterocycles. The first-order chi connectivity index (χ1) is 9.60. The lowest BCUT2D eigenvalue weighted by Gasteiger charge is -2.42. The van der Waals surface area contributed by atoms with Gasteiger partial charge >= 0.3 is 0 Å². The average Bonchev–Trinajstić information content (AvgIpc) is 2.41. The number of hydrogen-bond donors (Lipinski definition) is 0. The van der Waals surface area contributed by atoms with Crippen molar-refractivity contribution in [2.75, 3.05) is 4.90 Å². The monoisotopic (exact) mass is 336 g/mol. The molecule has 4 nitrogen and oxygen atoms in total. The zero-order valence-corrected chi connectivity index (χ0v) is 12.9. The predicted molar refractivity (Wildman–Crippen MR) is 79.2 cm³/mol. The van der Waals surface area contributed by atoms with Crippen LogP contribution in [0.25, 0.3) is 0 Å². The molecule has 106 valence electrons. The molecular formula is C15H17BrN2O2. The molecule has 0 radical (unpaired) electrons. The second-order valence-corrected chi connectivity index (χ2v) is 6.79. The number of imide groups is 1. The molecule has 1 aromatic rings. The average molecular weight is 337 g/mol. The van der Waals surface area contributed by atoms with Crippen LogP contribution in [0.1, 0.15) is 44.9 Å². The number of piperidine rings is 1. The van der Waals surface area contributed by atoms with Crippen molar-refractivity contribution in [2.45, 2.75) is 44.9 Å². The number of carbonyl (C=O) groups is 2. The van der Waals surface area contributed by atoms with E-state index in [0.717, 1.165) is 30.2 Å². The molecule has 1 saturated heterocycles. The van der Waals surface area contributed by atoms with Crippen LogP contribution in [0, 0.1) is 5.41 Å². The maximum absolute atomic E-state index is 12.4. The number of amides is 2. The summed E-state index contributed by atoms with van der Waals surface area (Å²) in [5, 5.41) is 0. The molecule has 2 heterocycles. The Kier molecular flexibility index (Phi) is 3.63. The zero-order valence-electron chi connectivity index (χ0n) is 11.3. The summed E-state index contributed by atoms with van der Waals surface area (Å²) in [6, 6.07) is 3.51. The van der Waals surface area contributed by atoms with Crippen molar-refractivity contribution < 1.29 is 9.59 Å². The molecule has 1 saturated carbocycles. The number of anilines is 1. The summed E-state index contributed by atoms with van der Waals surface area (Å²) in [4.78, 5) is 30.3. The van der Waals surface area contributed by atoms with E-state index in [0.29, 0.717) is 18.7 Å². The molecule has 0 unspecified atom stereocenters. The van der Waals surface area contributed by atoms with E-state index in [1.54, 1.807) is 18.3 Å². The Morgan fingerprint density at radius 3 is 2.25 bits per heavy atom. The summed E-state index contributed by atoms with van der Waals surface area (Å²) in [5.74, 6) is 0.241. The molecule has 0 bridgehead atoms. The number of nitrogens with zero attached hydrogens (tertiary/aromatic N) is 2. The van der Waals surface area contributed by atoms with Crippen LogP contribution < -0.4 is 4.90 Å². The molecule has 2 aliphatic rings. The normalized spacial score (nSPS) is 22.4. The van der Waals surface area contributed by atoms with Gasteiger partial charge in [0.2, 0.25) is 11.8 Å². The third kappa shape index (κ3) is 2.51. The van der Waals surface area contributed by atoms with Gasteiger partial charge in [0, 0.05) is 23.5 Å². The van der Waals surface area contributed by atoms with E-state index in [4.69, 9.17) is 0 Å². The van der Waals surface area contributed by atoms with E-state index in [2.05, 4.69) is 20.9 Å². The highest BCUT2D eigenvalue weighted by molar-refractivity contribution is 9.10. The van der Waals surface area contributed by atoms with Crippen LogP contribution in [0.3, 0.4) is 0 Å². The van der Waals surface area contributed by atoms with Gasteiger partial charge in [-0.3, -0.25) is 9.59 Å². The molecule has 0 N–H and O–H groups in total. The van der Waals surface area contributed by atoms with Gasteiger partial charge in [-0.05, 0) is 46.3 Å². The topological polar surface area (TPSA) is 50.3 Å². The molecule has 1 spiro atoms. The number of hydrogen-bond acceptors (Lipinski definition) is 3. The fourth-order valence-electron chi connectivity index (χ4n) is 3.41. The Bertz CT molecular complexity index is 515. The molecule has 1 aliphatic heterocycles. The molecule has 0 atom stereocenters. The molecule has 5 heteroatoms. The third-order valence-electron chi connectivity index (χ3n) is 4.41. The highest BCUT2D eigenvalue weighted by atomic mass is 79.9. The van der Waals surface area contributed by atoms with Gasteiger partial charge in [0.05, 0.1) is 0 Å². The Morgan fingerprint density at radius 2 is 1.70 bits per heavy atom. The lowest BCUT2D eigenvalue weighted by Crippen LogP contribution is -2.49. The highest BCUT2D eigenvalue weighted by Gasteiger charge is 2.44. The third-order valence-corrected chi connectivity index (χ3v) is 4.88. The van der Waals surface area contributed by atoms with E-state index in [1.165, 1.54) is 11.3 Å². The predicted octanol–water partition coefficient (Wildman–Crippen LogP) is 3.45. The SMILES string of the molecule is O=C1CC2(CCCCC2)CC(=O)N1c1ccc(Br)cn1. The van der Waals surface area contributed by atoms with E-state index in [-0.39, 0.29) is 17.2 Å². The number of aromatic nitrogens is 1. The van der Waals surface area contributed by atoms with Crippen molar-refractivity contribution in [2.24, 2.45) is 5.41 Å². The van der Waals surface area contributed by atoms with Gasteiger partial charge in [0.15, 0.2) is 0 Å². The van der Waals surface area contributed by atoms with Crippen LogP contribution in [0.2, 0.25) is 0 Å². The second kappa shape index (κ2) is 5.28. The van der Waals surface area contributed by atoms with Gasteiger partial charge in [-0.1, -0.05) is 19.3 Å². The van der Waals surface area contributed by atoms with Crippen molar-refractivity contribution >= 4 is 33.6 Å². The van der Waals surface area contributed by atoms with Crippen LogP contribution in [0.4, 0.5) is 5.82 Å². The lowest BCUT2D eigenvalue weighted by molar-refractivity contribution is -0.134. The fourth-order valence-corrected chi connectivity index (χ4v) is 3.65. The Morgan fingerprint density at radius 1 is 1.05 bits per heavy atom. The van der Waals surface area contributed by atoms with Gasteiger partial charge in [-0.25, -0.2) is 9.88 Å². The van der Waals surface area contributed by atoms with Crippen LogP contribution in [-0.4, -0.2) is 16.8 Å². The first-order valence-electron chi connectivity index (χ1n) is 7.07. The first kappa shape index (κ1) is 13.7. The number of pyridine rings is 1. The van der Waals surface area contributed by atoms with E-state index in [9.17, 15) is 9.59 Å². The van der Waals surface area contributed by atoms with Gasteiger partial charge in [-0.2, -0.15) is 0 Å². The largest absolute Gasteiger partial charge is 0.274 e. The van der Waals surface area contributed by atoms with E-state index >= 15 is 0 Å². The summed E-state index contributed by atoms with van der Waals surface area (Å²) < 4.78 is 0.835. The molecule has 3 rings (SSSR count). The fraction of sp³-hybridized carbons (Fsp3) is 0.533. The molecule has 1 aliphatic carbocycles. The van der Waals surface area contributed by atoms with Gasteiger partial charge in [0.1, 0.15) is 5.82 Å². The van der Waals surface area contributed by atoms with Crippen LogP contribution in [-0.2, 0) is 9.59 Å². The van der Waals surface area contributed by atoms with Crippen molar-refractivity contribution in [3.63, 3.8) is 0 Å². The minimum Gasteiger partial charge on any atom is -0.274 e. The van der Waals surface area contributed by atoms with E-state index in [1.807, 2.05) is 0 Å². The molecular weight excluding hydrogens is 320 g/mol. The molecule has 2 fully saturated rings. The number of halogens is 1. The van der Waals surface area contributed by atoms with Gasteiger partial charge in [0.25, 0.3) is 0 Å². The minimum absolute atomic E-state index is 0.0712.